The predicted molar refractivity (Wildman–Crippen MR) is 205 cm³/mol. The number of aromatic nitrogens is 1. The Morgan fingerprint density at radius 3 is 2.19 bits per heavy atom. The van der Waals surface area contributed by atoms with Gasteiger partial charge in [0.25, 0.3) is 0 Å². The van der Waals surface area contributed by atoms with Crippen LogP contribution in [0.1, 0.15) is 47.4 Å². The van der Waals surface area contributed by atoms with Crippen molar-refractivity contribution in [3.8, 4) is 11.1 Å². The standard InChI is InChI=1S/C43H40BrF3N2O5/c1-3-22-53-41(51)29(20-21-43(45,46)47)24-40(50)39(23-30-26-49(38-15-9-8-10-32(30)38)25-28-16-18-31(44)19-17-28)48(2)42(52)54-27-37-35-13-6-4-11-33(35)34-12-5-7-14-36(34)37/h3-19,26,29,37,39H,1,20-25,27H2,2H3/t29-,39+/m1/s1. The molecule has 280 valence electrons. The first-order chi connectivity index (χ1) is 25.9. The van der Waals surface area contributed by atoms with Gasteiger partial charge in [0, 0.05) is 60.3 Å². The number of hydrogen-bond acceptors (Lipinski definition) is 5. The number of para-hydroxylation sites is 1. The maximum atomic E-state index is 14.3. The van der Waals surface area contributed by atoms with E-state index in [0.717, 1.165) is 48.8 Å². The summed E-state index contributed by atoms with van der Waals surface area (Å²) in [5.74, 6) is -3.12. The number of amides is 1. The number of hydrogen-bond donors (Lipinski definition) is 0. The molecule has 0 saturated heterocycles. The number of Topliss-reactive ketones (excluding diaryl/α,β-unsaturated/α-hetero) is 1. The highest BCUT2D eigenvalue weighted by Crippen LogP contribution is 2.44. The minimum Gasteiger partial charge on any atom is -0.461 e. The molecule has 6 rings (SSSR count). The number of carbonyl (C=O) groups excluding carboxylic acids is 3. The van der Waals surface area contributed by atoms with Crippen LogP contribution in [-0.2, 0) is 32.0 Å². The lowest BCUT2D eigenvalue weighted by Crippen LogP contribution is -2.45. The molecule has 0 bridgehead atoms. The van der Waals surface area contributed by atoms with E-state index >= 15 is 0 Å². The average Bonchev–Trinajstić information content (AvgIpc) is 3.68. The molecule has 1 heterocycles. The Balaban J connectivity index is 1.29. The van der Waals surface area contributed by atoms with Crippen molar-refractivity contribution in [1.82, 2.24) is 9.47 Å². The third kappa shape index (κ3) is 8.95. The summed E-state index contributed by atoms with van der Waals surface area (Å²) in [6.45, 7) is 3.82. The predicted octanol–water partition coefficient (Wildman–Crippen LogP) is 9.89. The molecular weight excluding hydrogens is 761 g/mol. The van der Waals surface area contributed by atoms with E-state index in [2.05, 4.69) is 27.1 Å². The summed E-state index contributed by atoms with van der Waals surface area (Å²) in [5.41, 5.74) is 6.85. The van der Waals surface area contributed by atoms with Crippen LogP contribution in [0.15, 0.2) is 120 Å². The Bertz CT molecular complexity index is 2100. The second-order valence-electron chi connectivity index (χ2n) is 13.5. The smallest absolute Gasteiger partial charge is 0.410 e. The zero-order valence-electron chi connectivity index (χ0n) is 29.7. The van der Waals surface area contributed by atoms with Crippen LogP contribution in [0.25, 0.3) is 22.0 Å². The fourth-order valence-corrected chi connectivity index (χ4v) is 7.44. The maximum absolute atomic E-state index is 14.3. The highest BCUT2D eigenvalue weighted by atomic mass is 79.9. The molecule has 0 unspecified atom stereocenters. The fourth-order valence-electron chi connectivity index (χ4n) is 7.18. The summed E-state index contributed by atoms with van der Waals surface area (Å²) in [5, 5.41) is 0.854. The minimum absolute atomic E-state index is 0.00664. The van der Waals surface area contributed by atoms with E-state index in [1.807, 2.05) is 103 Å². The number of halogens is 4. The molecule has 0 spiro atoms. The molecule has 0 fully saturated rings. The van der Waals surface area contributed by atoms with Crippen LogP contribution in [0, 0.1) is 5.92 Å². The van der Waals surface area contributed by atoms with Gasteiger partial charge in [0.1, 0.15) is 13.2 Å². The normalized spacial score (nSPS) is 13.5. The minimum atomic E-state index is -4.55. The summed E-state index contributed by atoms with van der Waals surface area (Å²) in [6.07, 6.45) is -4.53. The van der Waals surface area contributed by atoms with Crippen LogP contribution in [0.4, 0.5) is 18.0 Å². The van der Waals surface area contributed by atoms with Crippen LogP contribution < -0.4 is 0 Å². The molecule has 4 aromatic carbocycles. The fraction of sp³-hybridized carbons (Fsp3) is 0.279. The second-order valence-corrected chi connectivity index (χ2v) is 14.4. The number of carbonyl (C=O) groups is 3. The van der Waals surface area contributed by atoms with Crippen molar-refractivity contribution in [2.45, 2.75) is 50.4 Å². The van der Waals surface area contributed by atoms with Gasteiger partial charge < -0.3 is 18.9 Å². The Morgan fingerprint density at radius 1 is 0.907 bits per heavy atom. The largest absolute Gasteiger partial charge is 0.461 e. The molecule has 0 aliphatic heterocycles. The van der Waals surface area contributed by atoms with Crippen LogP contribution in [-0.4, -0.2) is 59.8 Å². The molecule has 1 aliphatic rings. The zero-order chi connectivity index (χ0) is 38.4. The molecule has 1 amide bonds. The van der Waals surface area contributed by atoms with Crippen molar-refractivity contribution >= 4 is 44.7 Å². The number of ether oxygens (including phenoxy) is 2. The van der Waals surface area contributed by atoms with E-state index in [9.17, 15) is 27.6 Å². The van der Waals surface area contributed by atoms with Crippen LogP contribution in [0.2, 0.25) is 0 Å². The Labute approximate surface area is 320 Å². The van der Waals surface area contributed by atoms with Gasteiger partial charge in [-0.2, -0.15) is 13.2 Å². The molecular formula is C43H40BrF3N2O5. The molecule has 11 heteroatoms. The Hall–Kier alpha value is -5.16. The third-order valence-electron chi connectivity index (χ3n) is 9.91. The van der Waals surface area contributed by atoms with Crippen LogP contribution >= 0.6 is 15.9 Å². The van der Waals surface area contributed by atoms with Gasteiger partial charge in [0.2, 0.25) is 0 Å². The van der Waals surface area contributed by atoms with Crippen molar-refractivity contribution < 1.29 is 37.0 Å². The molecule has 1 aliphatic carbocycles. The lowest BCUT2D eigenvalue weighted by Gasteiger charge is -2.28. The monoisotopic (exact) mass is 800 g/mol. The molecule has 5 aromatic rings. The van der Waals surface area contributed by atoms with E-state index in [1.165, 1.54) is 18.0 Å². The topological polar surface area (TPSA) is 77.8 Å². The first kappa shape index (κ1) is 38.6. The first-order valence-electron chi connectivity index (χ1n) is 17.7. The lowest BCUT2D eigenvalue weighted by molar-refractivity contribution is -0.155. The molecule has 54 heavy (non-hydrogen) atoms. The molecule has 2 atom stereocenters. The number of alkyl halides is 3. The number of likely N-dealkylation sites (N-methyl/N-ethyl adjacent to an activating group) is 1. The maximum Gasteiger partial charge on any atom is 0.410 e. The highest BCUT2D eigenvalue weighted by molar-refractivity contribution is 9.10. The second kappa shape index (κ2) is 16.9. The summed E-state index contributed by atoms with van der Waals surface area (Å²) in [7, 11) is 1.45. The molecule has 0 saturated carbocycles. The van der Waals surface area contributed by atoms with Crippen molar-refractivity contribution in [3.05, 3.63) is 143 Å². The van der Waals surface area contributed by atoms with Crippen molar-refractivity contribution in [1.29, 1.82) is 0 Å². The van der Waals surface area contributed by atoms with E-state index in [4.69, 9.17) is 9.47 Å². The van der Waals surface area contributed by atoms with Gasteiger partial charge in [-0.1, -0.05) is 107 Å². The van der Waals surface area contributed by atoms with Gasteiger partial charge in [-0.3, -0.25) is 9.59 Å². The van der Waals surface area contributed by atoms with Gasteiger partial charge in [-0.05, 0) is 58.0 Å². The quantitative estimate of drug-likeness (QED) is 0.0779. The SMILES string of the molecule is C=CCOC(=O)[C@H](CCC(F)(F)F)CC(=O)[C@H](Cc1cn(Cc2ccc(Br)cc2)c2ccccc12)N(C)C(=O)OCC1c2ccccc2-c2ccccc21. The molecule has 0 N–H and O–H groups in total. The van der Waals surface area contributed by atoms with Crippen LogP contribution in [0.3, 0.4) is 0 Å². The Kier molecular flexibility index (Phi) is 12.1. The van der Waals surface area contributed by atoms with Gasteiger partial charge >= 0.3 is 18.2 Å². The Morgan fingerprint density at radius 2 is 1.54 bits per heavy atom. The number of nitrogens with zero attached hydrogens (tertiary/aromatic N) is 2. The summed E-state index contributed by atoms with van der Waals surface area (Å²) in [4.78, 5) is 42.4. The van der Waals surface area contributed by atoms with Crippen LogP contribution in [0.5, 0.6) is 0 Å². The molecule has 0 radical (unpaired) electrons. The summed E-state index contributed by atoms with van der Waals surface area (Å²) < 4.78 is 54.1. The number of rotatable bonds is 15. The molecule has 7 nitrogen and oxygen atoms in total. The first-order valence-corrected chi connectivity index (χ1v) is 18.5. The van der Waals surface area contributed by atoms with E-state index in [-0.39, 0.29) is 25.6 Å². The van der Waals surface area contributed by atoms with Gasteiger partial charge in [-0.15, -0.1) is 0 Å². The summed E-state index contributed by atoms with van der Waals surface area (Å²) >= 11 is 3.47. The number of benzene rings is 4. The van der Waals surface area contributed by atoms with E-state index < -0.39 is 55.2 Å². The van der Waals surface area contributed by atoms with Gasteiger partial charge in [0.05, 0.1) is 12.0 Å². The van der Waals surface area contributed by atoms with E-state index in [0.29, 0.717) is 6.54 Å². The zero-order valence-corrected chi connectivity index (χ0v) is 31.3. The summed E-state index contributed by atoms with van der Waals surface area (Å²) in [6, 6.07) is 30.3. The van der Waals surface area contributed by atoms with Crippen molar-refractivity contribution in [3.63, 3.8) is 0 Å². The lowest BCUT2D eigenvalue weighted by atomic mass is 9.91. The van der Waals surface area contributed by atoms with Crippen molar-refractivity contribution in [2.75, 3.05) is 20.3 Å². The highest BCUT2D eigenvalue weighted by Gasteiger charge is 2.37. The van der Waals surface area contributed by atoms with Gasteiger partial charge in [-0.25, -0.2) is 4.79 Å². The number of ketones is 1. The molecule has 1 aromatic heterocycles. The van der Waals surface area contributed by atoms with E-state index in [1.54, 1.807) is 0 Å². The third-order valence-corrected chi connectivity index (χ3v) is 10.4. The van der Waals surface area contributed by atoms with Crippen molar-refractivity contribution in [2.24, 2.45) is 5.92 Å². The number of esters is 1. The average molecular weight is 802 g/mol. The van der Waals surface area contributed by atoms with Gasteiger partial charge in [0.15, 0.2) is 5.78 Å². The number of fused-ring (bicyclic) bond motifs is 4.